The molecular formula is C17H14N3O4S-. The van der Waals surface area contributed by atoms with E-state index in [-0.39, 0.29) is 34.5 Å². The summed E-state index contributed by atoms with van der Waals surface area (Å²) in [6, 6.07) is 7.11. The largest absolute Gasteiger partial charge is 0.871 e. The molecule has 0 saturated heterocycles. The summed E-state index contributed by atoms with van der Waals surface area (Å²) >= 11 is 1.36. The highest BCUT2D eigenvalue weighted by atomic mass is 32.1. The highest BCUT2D eigenvalue weighted by Gasteiger charge is 2.23. The maximum Gasteiger partial charge on any atom is 0.279 e. The summed E-state index contributed by atoms with van der Waals surface area (Å²) in [4.78, 5) is 27.6. The molecule has 0 radical (unpaired) electrons. The van der Waals surface area contributed by atoms with Gasteiger partial charge in [-0.25, -0.2) is 0 Å². The van der Waals surface area contributed by atoms with Crippen molar-refractivity contribution >= 4 is 33.8 Å². The Bertz CT molecular complexity index is 940. The molecule has 2 aromatic heterocycles. The van der Waals surface area contributed by atoms with Gasteiger partial charge in [0.05, 0.1) is 21.9 Å². The molecule has 2 heterocycles. The van der Waals surface area contributed by atoms with Crippen molar-refractivity contribution in [2.24, 2.45) is 0 Å². The van der Waals surface area contributed by atoms with Crippen LogP contribution in [-0.2, 0) is 4.79 Å². The Kier molecular flexibility index (Phi) is 4.62. The van der Waals surface area contributed by atoms with Crippen LogP contribution in [0, 0.1) is 10.1 Å². The first-order valence-electron chi connectivity index (χ1n) is 7.58. The van der Waals surface area contributed by atoms with Crippen molar-refractivity contribution in [3.05, 3.63) is 62.5 Å². The van der Waals surface area contributed by atoms with Crippen LogP contribution < -0.4 is 10.4 Å². The van der Waals surface area contributed by atoms with Gasteiger partial charge < -0.3 is 10.4 Å². The molecule has 0 saturated carbocycles. The van der Waals surface area contributed by atoms with Gasteiger partial charge in [-0.05, 0) is 29.1 Å². The fourth-order valence-corrected chi connectivity index (χ4v) is 3.40. The molecule has 1 amide bonds. The van der Waals surface area contributed by atoms with Crippen LogP contribution in [0.3, 0.4) is 0 Å². The predicted molar refractivity (Wildman–Crippen MR) is 92.4 cm³/mol. The smallest absolute Gasteiger partial charge is 0.279 e. The van der Waals surface area contributed by atoms with Crippen LogP contribution in [0.25, 0.3) is 10.9 Å². The van der Waals surface area contributed by atoms with Gasteiger partial charge in [0.25, 0.3) is 5.69 Å². The Balaban J connectivity index is 2.25. The minimum Gasteiger partial charge on any atom is -0.871 e. The van der Waals surface area contributed by atoms with E-state index in [4.69, 9.17) is 0 Å². The molecule has 1 N–H and O–H groups in total. The van der Waals surface area contributed by atoms with Gasteiger partial charge in [0, 0.05) is 23.6 Å². The molecule has 0 aliphatic heterocycles. The zero-order valence-corrected chi connectivity index (χ0v) is 14.1. The number of nitrogens with one attached hydrogen (secondary N) is 1. The molecule has 0 aliphatic rings. The molecule has 3 aromatic rings. The van der Waals surface area contributed by atoms with Crippen LogP contribution in [0.2, 0.25) is 0 Å². The van der Waals surface area contributed by atoms with E-state index in [0.717, 1.165) is 4.88 Å². The van der Waals surface area contributed by atoms with Crippen molar-refractivity contribution in [2.45, 2.75) is 19.4 Å². The van der Waals surface area contributed by atoms with Gasteiger partial charge in [0.15, 0.2) is 0 Å². The van der Waals surface area contributed by atoms with Crippen molar-refractivity contribution < 1.29 is 14.8 Å². The van der Waals surface area contributed by atoms with Gasteiger partial charge in [-0.3, -0.25) is 19.9 Å². The zero-order chi connectivity index (χ0) is 18.0. The van der Waals surface area contributed by atoms with Crippen LogP contribution in [0.15, 0.2) is 41.9 Å². The predicted octanol–water partition coefficient (Wildman–Crippen LogP) is 2.89. The number of pyridine rings is 1. The molecule has 0 aliphatic carbocycles. The first kappa shape index (κ1) is 16.8. The van der Waals surface area contributed by atoms with Gasteiger partial charge in [0.2, 0.25) is 5.91 Å². The average molecular weight is 356 g/mol. The molecule has 3 rings (SSSR count). The number of nitro benzene ring substituents is 1. The summed E-state index contributed by atoms with van der Waals surface area (Å²) in [5.74, 6) is -0.669. The Morgan fingerprint density at radius 3 is 2.84 bits per heavy atom. The summed E-state index contributed by atoms with van der Waals surface area (Å²) < 4.78 is 0. The maximum absolute atomic E-state index is 12.9. The molecule has 1 atom stereocenters. The average Bonchev–Trinajstić information content (AvgIpc) is 3.14. The first-order valence-corrected chi connectivity index (χ1v) is 8.46. The number of rotatable bonds is 5. The SMILES string of the molecule is CCC(=O)N[C@@H](c1cccs1)c1cc([N+](=O)[O-])c2cccnc2c1[O-]. The second-order valence-corrected chi connectivity index (χ2v) is 6.32. The van der Waals surface area contributed by atoms with E-state index in [9.17, 15) is 20.0 Å². The van der Waals surface area contributed by atoms with Crippen LogP contribution in [0.1, 0.15) is 29.8 Å². The fraction of sp³-hybridized carbons (Fsp3) is 0.176. The highest BCUT2D eigenvalue weighted by molar-refractivity contribution is 7.10. The number of thiophene rings is 1. The number of carbonyl (C=O) groups is 1. The molecule has 128 valence electrons. The van der Waals surface area contributed by atoms with E-state index < -0.39 is 16.7 Å². The third kappa shape index (κ3) is 3.16. The lowest BCUT2D eigenvalue weighted by molar-refractivity contribution is -0.383. The summed E-state index contributed by atoms with van der Waals surface area (Å²) in [6.07, 6.45) is 1.66. The summed E-state index contributed by atoms with van der Waals surface area (Å²) in [6.45, 7) is 1.70. The second kappa shape index (κ2) is 6.86. The van der Waals surface area contributed by atoms with Gasteiger partial charge >= 0.3 is 0 Å². The van der Waals surface area contributed by atoms with Gasteiger partial charge in [-0.15, -0.1) is 11.3 Å². The van der Waals surface area contributed by atoms with Crippen molar-refractivity contribution in [1.82, 2.24) is 10.3 Å². The number of nitrogens with zero attached hydrogens (tertiary/aromatic N) is 2. The number of fused-ring (bicyclic) bond motifs is 1. The molecule has 25 heavy (non-hydrogen) atoms. The Morgan fingerprint density at radius 1 is 1.40 bits per heavy atom. The molecular weight excluding hydrogens is 342 g/mol. The third-order valence-corrected chi connectivity index (χ3v) is 4.75. The number of aromatic nitrogens is 1. The molecule has 0 spiro atoms. The van der Waals surface area contributed by atoms with Crippen molar-refractivity contribution in [3.8, 4) is 5.75 Å². The Morgan fingerprint density at radius 2 is 2.20 bits per heavy atom. The quantitative estimate of drug-likeness (QED) is 0.558. The van der Waals surface area contributed by atoms with Crippen LogP contribution in [-0.4, -0.2) is 15.8 Å². The normalized spacial score (nSPS) is 12.0. The lowest BCUT2D eigenvalue weighted by atomic mass is 9.99. The summed E-state index contributed by atoms with van der Waals surface area (Å²) in [5, 5.41) is 29.1. The van der Waals surface area contributed by atoms with Crippen molar-refractivity contribution in [3.63, 3.8) is 0 Å². The minimum absolute atomic E-state index is 0.0269. The van der Waals surface area contributed by atoms with E-state index in [2.05, 4.69) is 10.3 Å². The standard InChI is InChI=1S/C17H15N3O4S/c1-2-14(21)19-15(13-6-4-8-25-13)11-9-12(20(23)24)10-5-3-7-18-16(10)17(11)22/h3-9,15,22H,2H2,1H3,(H,19,21)/p-1/t15-/m1/s1. The highest BCUT2D eigenvalue weighted by Crippen LogP contribution is 2.38. The molecule has 0 unspecified atom stereocenters. The van der Waals surface area contributed by atoms with Crippen molar-refractivity contribution in [1.29, 1.82) is 0 Å². The van der Waals surface area contributed by atoms with Crippen molar-refractivity contribution in [2.75, 3.05) is 0 Å². The lowest BCUT2D eigenvalue weighted by Crippen LogP contribution is -2.28. The van der Waals surface area contributed by atoms with Crippen LogP contribution in [0.5, 0.6) is 5.75 Å². The number of carbonyl (C=O) groups excluding carboxylic acids is 1. The summed E-state index contributed by atoms with van der Waals surface area (Å²) in [7, 11) is 0. The van der Waals surface area contributed by atoms with Gasteiger partial charge in [-0.1, -0.05) is 18.7 Å². The zero-order valence-electron chi connectivity index (χ0n) is 13.3. The number of nitro groups is 1. The number of non-ortho nitro benzene ring substituents is 1. The molecule has 0 bridgehead atoms. The maximum atomic E-state index is 12.9. The fourth-order valence-electron chi connectivity index (χ4n) is 2.61. The van der Waals surface area contributed by atoms with Gasteiger partial charge in [0.1, 0.15) is 0 Å². The van der Waals surface area contributed by atoms with E-state index in [1.54, 1.807) is 25.1 Å². The number of hydrogen-bond donors (Lipinski definition) is 1. The van der Waals surface area contributed by atoms with E-state index in [1.165, 1.54) is 29.7 Å². The Labute approximate surface area is 147 Å². The van der Waals surface area contributed by atoms with E-state index in [0.29, 0.717) is 0 Å². The third-order valence-electron chi connectivity index (χ3n) is 3.81. The monoisotopic (exact) mass is 356 g/mol. The molecule has 1 aromatic carbocycles. The molecule has 7 nitrogen and oxygen atoms in total. The van der Waals surface area contributed by atoms with Gasteiger partial charge in [-0.2, -0.15) is 0 Å². The number of amides is 1. The topological polar surface area (TPSA) is 108 Å². The van der Waals surface area contributed by atoms with Crippen LogP contribution >= 0.6 is 11.3 Å². The second-order valence-electron chi connectivity index (χ2n) is 5.34. The van der Waals surface area contributed by atoms with E-state index in [1.807, 2.05) is 5.38 Å². The number of benzene rings is 1. The summed E-state index contributed by atoms with van der Waals surface area (Å²) in [5.41, 5.74) is -0.0360. The number of hydrogen-bond acceptors (Lipinski definition) is 6. The van der Waals surface area contributed by atoms with E-state index >= 15 is 0 Å². The molecule has 0 fully saturated rings. The minimum atomic E-state index is -0.745. The lowest BCUT2D eigenvalue weighted by Gasteiger charge is -2.24. The molecule has 8 heteroatoms. The van der Waals surface area contributed by atoms with Crippen LogP contribution in [0.4, 0.5) is 5.69 Å². The Hall–Kier alpha value is -3.00. The first-order chi connectivity index (χ1) is 12.0.